The summed E-state index contributed by atoms with van der Waals surface area (Å²) < 4.78 is 29.7. The predicted molar refractivity (Wildman–Crippen MR) is 52.8 cm³/mol. The van der Waals surface area contributed by atoms with Crippen molar-refractivity contribution in [2.24, 2.45) is 5.73 Å². The Kier molecular flexibility index (Phi) is 4.30. The van der Waals surface area contributed by atoms with Crippen molar-refractivity contribution < 1.29 is 18.3 Å². The monoisotopic (exact) mass is 230 g/mol. The average molecular weight is 230 g/mol. The van der Waals surface area contributed by atoms with Gasteiger partial charge in [-0.15, -0.1) is 0 Å². The molecule has 1 heterocycles. The minimum atomic E-state index is -2.65. The Morgan fingerprint density at radius 1 is 1.56 bits per heavy atom. The van der Waals surface area contributed by atoms with Crippen LogP contribution in [0.4, 0.5) is 8.78 Å². The summed E-state index contributed by atoms with van der Waals surface area (Å²) in [6.45, 7) is -0.0610. The molecule has 0 saturated carbocycles. The van der Waals surface area contributed by atoms with Crippen LogP contribution < -0.4 is 5.73 Å². The Morgan fingerprint density at radius 3 is 2.75 bits per heavy atom. The zero-order valence-corrected chi connectivity index (χ0v) is 8.74. The number of rotatable bonds is 4. The van der Waals surface area contributed by atoms with Crippen LogP contribution in [0.1, 0.15) is 23.1 Å². The molecule has 0 unspecified atom stereocenters. The summed E-state index contributed by atoms with van der Waals surface area (Å²) in [6.07, 6.45) is -0.335. The smallest absolute Gasteiger partial charge is 0.310 e. The second kappa shape index (κ2) is 5.50. The summed E-state index contributed by atoms with van der Waals surface area (Å²) in [5, 5.41) is 0. The molecule has 1 aromatic heterocycles. The van der Waals surface area contributed by atoms with Gasteiger partial charge < -0.3 is 10.5 Å². The number of carbonyl (C=O) groups is 1. The maximum absolute atomic E-state index is 12.6. The van der Waals surface area contributed by atoms with Gasteiger partial charge in [0.1, 0.15) is 0 Å². The molecule has 1 aromatic rings. The highest BCUT2D eigenvalue weighted by atomic mass is 19.3. The summed E-state index contributed by atoms with van der Waals surface area (Å²) >= 11 is 0. The van der Waals surface area contributed by atoms with Crippen molar-refractivity contribution in [2.45, 2.75) is 19.4 Å². The van der Waals surface area contributed by atoms with Crippen molar-refractivity contribution in [1.82, 2.24) is 4.98 Å². The second-order valence-corrected chi connectivity index (χ2v) is 3.12. The molecule has 0 radical (unpaired) electrons. The van der Waals surface area contributed by atoms with Crippen molar-refractivity contribution in [3.8, 4) is 0 Å². The van der Waals surface area contributed by atoms with Crippen molar-refractivity contribution in [2.75, 3.05) is 7.11 Å². The molecule has 16 heavy (non-hydrogen) atoms. The number of methoxy groups -OCH3 is 1. The molecule has 0 saturated heterocycles. The van der Waals surface area contributed by atoms with E-state index in [1.807, 2.05) is 0 Å². The van der Waals surface area contributed by atoms with Crippen LogP contribution >= 0.6 is 0 Å². The lowest BCUT2D eigenvalue weighted by Gasteiger charge is -2.11. The van der Waals surface area contributed by atoms with Crippen LogP contribution in [0, 0.1) is 0 Å². The number of halogens is 2. The lowest BCUT2D eigenvalue weighted by molar-refractivity contribution is -0.139. The van der Waals surface area contributed by atoms with E-state index >= 15 is 0 Å². The molecule has 0 aliphatic rings. The summed E-state index contributed by atoms with van der Waals surface area (Å²) in [6, 6.07) is 0. The molecular weight excluding hydrogens is 218 g/mol. The first-order chi connectivity index (χ1) is 7.60. The number of esters is 1. The molecule has 0 spiro atoms. The first kappa shape index (κ1) is 12.5. The average Bonchev–Trinajstić information content (AvgIpc) is 2.28. The quantitative estimate of drug-likeness (QED) is 0.789. The Labute approximate surface area is 91.4 Å². The molecule has 0 atom stereocenters. The molecule has 6 heteroatoms. The highest BCUT2D eigenvalue weighted by molar-refractivity contribution is 5.72. The van der Waals surface area contributed by atoms with Crippen LogP contribution in [0.15, 0.2) is 12.4 Å². The Hall–Kier alpha value is -1.56. The van der Waals surface area contributed by atoms with Crippen LogP contribution in [0.3, 0.4) is 0 Å². The number of nitrogens with zero attached hydrogens (tertiary/aromatic N) is 1. The van der Waals surface area contributed by atoms with E-state index in [9.17, 15) is 13.6 Å². The maximum Gasteiger partial charge on any atom is 0.310 e. The fourth-order valence-electron chi connectivity index (χ4n) is 1.37. The zero-order chi connectivity index (χ0) is 12.1. The maximum atomic E-state index is 12.6. The van der Waals surface area contributed by atoms with Gasteiger partial charge in [0, 0.05) is 24.5 Å². The summed E-state index contributed by atoms with van der Waals surface area (Å²) in [7, 11) is 1.23. The Balaban J connectivity index is 3.08. The summed E-state index contributed by atoms with van der Waals surface area (Å²) in [4.78, 5) is 14.7. The van der Waals surface area contributed by atoms with Crippen LogP contribution in [0.25, 0.3) is 0 Å². The van der Waals surface area contributed by atoms with Gasteiger partial charge in [0.2, 0.25) is 0 Å². The fraction of sp³-hybridized carbons (Fsp3) is 0.400. The van der Waals surface area contributed by atoms with Crippen LogP contribution in [0.2, 0.25) is 0 Å². The molecule has 4 nitrogen and oxygen atoms in total. The van der Waals surface area contributed by atoms with E-state index in [2.05, 4.69) is 9.72 Å². The highest BCUT2D eigenvalue weighted by Gasteiger charge is 2.17. The van der Waals surface area contributed by atoms with Gasteiger partial charge in [-0.05, 0) is 11.1 Å². The number of hydrogen-bond donors (Lipinski definition) is 1. The molecule has 0 aliphatic carbocycles. The number of aromatic nitrogens is 1. The van der Waals surface area contributed by atoms with Gasteiger partial charge >= 0.3 is 5.97 Å². The molecular formula is C10H12F2N2O2. The third-order valence-corrected chi connectivity index (χ3v) is 2.18. The lowest BCUT2D eigenvalue weighted by atomic mass is 10.0. The van der Waals surface area contributed by atoms with E-state index in [1.165, 1.54) is 13.3 Å². The van der Waals surface area contributed by atoms with E-state index in [-0.39, 0.29) is 24.1 Å². The van der Waals surface area contributed by atoms with Gasteiger partial charge in [0.05, 0.1) is 13.5 Å². The molecule has 0 aliphatic heterocycles. The van der Waals surface area contributed by atoms with Crippen LogP contribution in [-0.2, 0) is 22.5 Å². The number of carbonyl (C=O) groups excluding carboxylic acids is 1. The number of nitrogens with two attached hydrogens (primary N) is 1. The van der Waals surface area contributed by atoms with Crippen molar-refractivity contribution in [3.63, 3.8) is 0 Å². The number of alkyl halides is 2. The molecule has 88 valence electrons. The Morgan fingerprint density at radius 2 is 2.25 bits per heavy atom. The van der Waals surface area contributed by atoms with E-state index in [0.29, 0.717) is 5.56 Å². The predicted octanol–water partition coefficient (Wildman–Crippen LogP) is 1.19. The van der Waals surface area contributed by atoms with Gasteiger partial charge in [-0.1, -0.05) is 0 Å². The normalized spacial score (nSPS) is 10.6. The van der Waals surface area contributed by atoms with Crippen molar-refractivity contribution in [3.05, 3.63) is 29.1 Å². The lowest BCUT2D eigenvalue weighted by Crippen LogP contribution is -2.12. The van der Waals surface area contributed by atoms with Gasteiger partial charge in [0.25, 0.3) is 6.43 Å². The van der Waals surface area contributed by atoms with Gasteiger partial charge in [-0.25, -0.2) is 8.78 Å². The molecule has 1 rings (SSSR count). The van der Waals surface area contributed by atoms with Crippen LogP contribution in [0.5, 0.6) is 0 Å². The zero-order valence-electron chi connectivity index (χ0n) is 8.74. The van der Waals surface area contributed by atoms with Crippen molar-refractivity contribution in [1.29, 1.82) is 0 Å². The van der Waals surface area contributed by atoms with E-state index in [1.54, 1.807) is 0 Å². The summed E-state index contributed by atoms with van der Waals surface area (Å²) in [5.74, 6) is -0.511. The largest absolute Gasteiger partial charge is 0.469 e. The standard InChI is InChI=1S/C10H12F2N2O2/c1-16-9(15)2-6-4-14-5-8(10(11)12)7(6)3-13/h4-5,10H,2-3,13H2,1H3. The molecule has 0 fully saturated rings. The Bertz CT molecular complexity index is 383. The third-order valence-electron chi connectivity index (χ3n) is 2.18. The number of hydrogen-bond acceptors (Lipinski definition) is 4. The highest BCUT2D eigenvalue weighted by Crippen LogP contribution is 2.24. The summed E-state index contributed by atoms with van der Waals surface area (Å²) in [5.41, 5.74) is 5.80. The minimum absolute atomic E-state index is 0.0610. The first-order valence-corrected chi connectivity index (χ1v) is 4.60. The van der Waals surface area contributed by atoms with E-state index < -0.39 is 12.4 Å². The molecule has 0 amide bonds. The van der Waals surface area contributed by atoms with Crippen LogP contribution in [-0.4, -0.2) is 18.1 Å². The topological polar surface area (TPSA) is 65.2 Å². The van der Waals surface area contributed by atoms with Gasteiger partial charge in [-0.2, -0.15) is 0 Å². The first-order valence-electron chi connectivity index (χ1n) is 4.60. The van der Waals surface area contributed by atoms with E-state index in [4.69, 9.17) is 5.73 Å². The minimum Gasteiger partial charge on any atom is -0.469 e. The van der Waals surface area contributed by atoms with E-state index in [0.717, 1.165) is 6.20 Å². The SMILES string of the molecule is COC(=O)Cc1cncc(C(F)F)c1CN. The van der Waals surface area contributed by atoms with Gasteiger partial charge in [0.15, 0.2) is 0 Å². The molecule has 0 aromatic carbocycles. The molecule has 2 N–H and O–H groups in total. The molecule has 0 bridgehead atoms. The number of ether oxygens (including phenoxy) is 1. The third kappa shape index (κ3) is 2.73. The fourth-order valence-corrected chi connectivity index (χ4v) is 1.37. The van der Waals surface area contributed by atoms with Gasteiger partial charge in [-0.3, -0.25) is 9.78 Å². The van der Waals surface area contributed by atoms with Crippen molar-refractivity contribution >= 4 is 5.97 Å². The second-order valence-electron chi connectivity index (χ2n) is 3.12. The number of pyridine rings is 1.